The van der Waals surface area contributed by atoms with Gasteiger partial charge in [0.05, 0.1) is 11.9 Å². The molecule has 0 saturated heterocycles. The minimum atomic E-state index is -0.366. The van der Waals surface area contributed by atoms with Gasteiger partial charge < -0.3 is 11.1 Å². The van der Waals surface area contributed by atoms with Gasteiger partial charge in [0.15, 0.2) is 0 Å². The maximum absolute atomic E-state index is 11.4. The standard InChI is InChI=1S/C9H14N4O2S/c1-6-4-11-13-9(6)12-8(15)2-3-16-5-7(10)14/h4H,2-3,5H2,1H3,(H2,10,14)(H2,11,12,13,15). The number of aryl methyl sites for hydroxylation is 1. The Hall–Kier alpha value is -1.50. The number of carbonyl (C=O) groups is 2. The SMILES string of the molecule is Cc1cn[nH]c1NC(=O)CCSCC(N)=O. The average molecular weight is 242 g/mol. The minimum absolute atomic E-state index is 0.107. The smallest absolute Gasteiger partial charge is 0.227 e. The van der Waals surface area contributed by atoms with Gasteiger partial charge in [-0.05, 0) is 6.92 Å². The molecule has 0 aromatic carbocycles. The predicted molar refractivity (Wildman–Crippen MR) is 63.1 cm³/mol. The second kappa shape index (κ2) is 6.16. The van der Waals surface area contributed by atoms with Crippen LogP contribution in [0.4, 0.5) is 5.82 Å². The number of H-pyrrole nitrogens is 1. The number of hydrogen-bond acceptors (Lipinski definition) is 4. The first-order valence-corrected chi connectivity index (χ1v) is 5.91. The van der Waals surface area contributed by atoms with E-state index in [4.69, 9.17) is 5.73 Å². The van der Waals surface area contributed by atoms with Crippen molar-refractivity contribution < 1.29 is 9.59 Å². The summed E-state index contributed by atoms with van der Waals surface area (Å²) in [5.41, 5.74) is 5.85. The van der Waals surface area contributed by atoms with Gasteiger partial charge in [-0.2, -0.15) is 16.9 Å². The van der Waals surface area contributed by atoms with Crippen molar-refractivity contribution in [3.05, 3.63) is 11.8 Å². The first kappa shape index (κ1) is 12.6. The number of nitrogens with two attached hydrogens (primary N) is 1. The zero-order chi connectivity index (χ0) is 12.0. The molecular formula is C9H14N4O2S. The van der Waals surface area contributed by atoms with Crippen molar-refractivity contribution >= 4 is 29.4 Å². The van der Waals surface area contributed by atoms with Crippen LogP contribution < -0.4 is 11.1 Å². The van der Waals surface area contributed by atoms with Gasteiger partial charge >= 0.3 is 0 Å². The van der Waals surface area contributed by atoms with Gasteiger partial charge in [-0.3, -0.25) is 14.7 Å². The number of thioether (sulfide) groups is 1. The molecular weight excluding hydrogens is 228 g/mol. The lowest BCUT2D eigenvalue weighted by Gasteiger charge is -2.02. The molecule has 4 N–H and O–H groups in total. The molecule has 2 amide bonds. The van der Waals surface area contributed by atoms with E-state index in [-0.39, 0.29) is 17.6 Å². The molecule has 0 unspecified atom stereocenters. The van der Waals surface area contributed by atoms with Gasteiger partial charge in [-0.15, -0.1) is 0 Å². The van der Waals surface area contributed by atoms with Crippen molar-refractivity contribution in [2.75, 3.05) is 16.8 Å². The Morgan fingerprint density at radius 2 is 2.38 bits per heavy atom. The largest absolute Gasteiger partial charge is 0.369 e. The topological polar surface area (TPSA) is 101 Å². The number of rotatable bonds is 6. The Labute approximate surface area is 97.4 Å². The van der Waals surface area contributed by atoms with Gasteiger partial charge in [0.1, 0.15) is 5.82 Å². The highest BCUT2D eigenvalue weighted by atomic mass is 32.2. The van der Waals surface area contributed by atoms with Crippen molar-refractivity contribution in [2.45, 2.75) is 13.3 Å². The summed E-state index contributed by atoms with van der Waals surface area (Å²) in [5, 5.41) is 9.16. The van der Waals surface area contributed by atoms with E-state index in [0.29, 0.717) is 18.0 Å². The molecule has 16 heavy (non-hydrogen) atoms. The van der Waals surface area contributed by atoms with Gasteiger partial charge in [0, 0.05) is 17.7 Å². The summed E-state index contributed by atoms with van der Waals surface area (Å²) in [4.78, 5) is 21.9. The molecule has 1 aromatic rings. The van der Waals surface area contributed by atoms with E-state index < -0.39 is 0 Å². The molecule has 6 nitrogen and oxygen atoms in total. The number of nitrogens with zero attached hydrogens (tertiary/aromatic N) is 1. The molecule has 1 heterocycles. The maximum Gasteiger partial charge on any atom is 0.227 e. The summed E-state index contributed by atoms with van der Waals surface area (Å²) in [5.74, 6) is 0.960. The Kier molecular flexibility index (Phi) is 4.84. The first-order chi connectivity index (χ1) is 7.59. The van der Waals surface area contributed by atoms with Crippen LogP contribution in [-0.4, -0.2) is 33.5 Å². The van der Waals surface area contributed by atoms with Crippen LogP contribution >= 0.6 is 11.8 Å². The summed E-state index contributed by atoms with van der Waals surface area (Å²) >= 11 is 1.35. The number of aromatic amines is 1. The van der Waals surface area contributed by atoms with Gasteiger partial charge in [0.2, 0.25) is 11.8 Å². The highest BCUT2D eigenvalue weighted by molar-refractivity contribution is 7.99. The molecule has 0 aliphatic heterocycles. The van der Waals surface area contributed by atoms with Crippen LogP contribution in [0.15, 0.2) is 6.20 Å². The number of amides is 2. The molecule has 88 valence electrons. The lowest BCUT2D eigenvalue weighted by atomic mass is 10.3. The summed E-state index contributed by atoms with van der Waals surface area (Å²) in [6, 6.07) is 0. The zero-order valence-corrected chi connectivity index (χ0v) is 9.76. The minimum Gasteiger partial charge on any atom is -0.369 e. The summed E-state index contributed by atoms with van der Waals surface area (Å²) in [6.45, 7) is 1.85. The Morgan fingerprint density at radius 1 is 1.62 bits per heavy atom. The van der Waals surface area contributed by atoms with E-state index in [1.165, 1.54) is 11.8 Å². The zero-order valence-electron chi connectivity index (χ0n) is 8.95. The molecule has 1 rings (SSSR count). The van der Waals surface area contributed by atoms with E-state index in [1.54, 1.807) is 6.20 Å². The van der Waals surface area contributed by atoms with Crippen LogP contribution in [-0.2, 0) is 9.59 Å². The number of carbonyl (C=O) groups excluding carboxylic acids is 2. The first-order valence-electron chi connectivity index (χ1n) is 4.75. The molecule has 0 saturated carbocycles. The lowest BCUT2D eigenvalue weighted by Crippen LogP contribution is -2.16. The molecule has 0 spiro atoms. The highest BCUT2D eigenvalue weighted by Crippen LogP contribution is 2.09. The molecule has 1 aromatic heterocycles. The van der Waals surface area contributed by atoms with Crippen molar-refractivity contribution in [2.24, 2.45) is 5.73 Å². The number of aromatic nitrogens is 2. The van der Waals surface area contributed by atoms with Crippen molar-refractivity contribution in [3.63, 3.8) is 0 Å². The fourth-order valence-corrected chi connectivity index (χ4v) is 1.69. The average Bonchev–Trinajstić information content (AvgIpc) is 2.59. The van der Waals surface area contributed by atoms with E-state index in [9.17, 15) is 9.59 Å². The lowest BCUT2D eigenvalue weighted by molar-refractivity contribution is -0.116. The van der Waals surface area contributed by atoms with Gasteiger partial charge in [-0.25, -0.2) is 0 Å². The summed E-state index contributed by atoms with van der Waals surface area (Å²) in [7, 11) is 0. The molecule has 0 aliphatic rings. The van der Waals surface area contributed by atoms with E-state index in [0.717, 1.165) is 5.56 Å². The number of nitrogens with one attached hydrogen (secondary N) is 2. The van der Waals surface area contributed by atoms with E-state index >= 15 is 0 Å². The molecule has 0 atom stereocenters. The Balaban J connectivity index is 2.21. The number of hydrogen-bond donors (Lipinski definition) is 3. The van der Waals surface area contributed by atoms with Gasteiger partial charge in [-0.1, -0.05) is 0 Å². The van der Waals surface area contributed by atoms with Crippen LogP contribution in [0.25, 0.3) is 0 Å². The predicted octanol–water partition coefficient (Wildman–Crippen LogP) is 0.265. The maximum atomic E-state index is 11.4. The number of primary amides is 1. The van der Waals surface area contributed by atoms with Crippen molar-refractivity contribution in [3.8, 4) is 0 Å². The van der Waals surface area contributed by atoms with Gasteiger partial charge in [0.25, 0.3) is 0 Å². The third kappa shape index (κ3) is 4.35. The third-order valence-electron chi connectivity index (χ3n) is 1.81. The van der Waals surface area contributed by atoms with E-state index in [2.05, 4.69) is 15.5 Å². The Morgan fingerprint density at radius 3 is 2.94 bits per heavy atom. The van der Waals surface area contributed by atoms with Crippen LogP contribution in [0.2, 0.25) is 0 Å². The third-order valence-corrected chi connectivity index (χ3v) is 2.79. The highest BCUT2D eigenvalue weighted by Gasteiger charge is 2.06. The van der Waals surface area contributed by atoms with Crippen molar-refractivity contribution in [1.29, 1.82) is 0 Å². The fraction of sp³-hybridized carbons (Fsp3) is 0.444. The molecule has 0 fully saturated rings. The molecule has 0 aliphatic carbocycles. The number of anilines is 1. The van der Waals surface area contributed by atoms with Crippen molar-refractivity contribution in [1.82, 2.24) is 10.2 Å². The summed E-state index contributed by atoms with van der Waals surface area (Å²) < 4.78 is 0. The van der Waals surface area contributed by atoms with Crippen LogP contribution in [0.3, 0.4) is 0 Å². The second-order valence-corrected chi connectivity index (χ2v) is 4.35. The van der Waals surface area contributed by atoms with Crippen LogP contribution in [0.1, 0.15) is 12.0 Å². The fourth-order valence-electron chi connectivity index (χ4n) is 1.01. The molecule has 0 radical (unpaired) electrons. The quantitative estimate of drug-likeness (QED) is 0.623. The van der Waals surface area contributed by atoms with E-state index in [1.807, 2.05) is 6.92 Å². The molecule has 7 heteroatoms. The second-order valence-electron chi connectivity index (χ2n) is 3.25. The van der Waals surface area contributed by atoms with Crippen LogP contribution in [0, 0.1) is 6.92 Å². The molecule has 0 bridgehead atoms. The summed E-state index contributed by atoms with van der Waals surface area (Å²) in [6.07, 6.45) is 1.98. The Bertz CT molecular complexity index is 377. The normalized spacial score (nSPS) is 10.1. The monoisotopic (exact) mass is 242 g/mol. The van der Waals surface area contributed by atoms with Crippen LogP contribution in [0.5, 0.6) is 0 Å².